The van der Waals surface area contributed by atoms with Gasteiger partial charge in [0, 0.05) is 35.4 Å². The minimum Gasteiger partial charge on any atom is -0.374 e. The van der Waals surface area contributed by atoms with Crippen molar-refractivity contribution in [3.05, 3.63) is 147 Å². The van der Waals surface area contributed by atoms with Gasteiger partial charge in [-0.05, 0) is 150 Å². The topological polar surface area (TPSA) is 77.8 Å². The number of pyridine rings is 2. The van der Waals surface area contributed by atoms with E-state index in [0.29, 0.717) is 36.2 Å². The van der Waals surface area contributed by atoms with Crippen LogP contribution < -0.4 is 4.90 Å². The molecule has 3 aliphatic heterocycles. The molecule has 15 heteroatoms. The van der Waals surface area contributed by atoms with Gasteiger partial charge in [0.15, 0.2) is 0 Å². The number of anilines is 1. The number of rotatable bonds is 13. The normalized spacial score (nSPS) is 19.1. The minimum absolute atomic E-state index is 0.00110. The number of nitriles is 1. The van der Waals surface area contributed by atoms with Crippen molar-refractivity contribution in [2.24, 2.45) is 0 Å². The molecular weight excluding hydrogens is 874 g/mol. The lowest BCUT2D eigenvalue weighted by Crippen LogP contribution is -2.44. The fraction of sp³-hybridized carbons (Fsp3) is 0.442. The Hall–Kier alpha value is -5.40. The van der Waals surface area contributed by atoms with Gasteiger partial charge in [0.25, 0.3) is 0 Å². The molecule has 3 aliphatic rings. The number of ether oxygens (including phenoxy) is 2. The van der Waals surface area contributed by atoms with Crippen LogP contribution in [0.3, 0.4) is 0 Å². The molecule has 0 bridgehead atoms. The zero-order valence-electron chi connectivity index (χ0n) is 38.0. The van der Waals surface area contributed by atoms with Gasteiger partial charge in [-0.3, -0.25) is 4.98 Å². The summed E-state index contributed by atoms with van der Waals surface area (Å²) in [5, 5.41) is 9.37. The van der Waals surface area contributed by atoms with E-state index in [-0.39, 0.29) is 61.1 Å². The van der Waals surface area contributed by atoms with Crippen LogP contribution in [0.4, 0.5) is 36.6 Å². The molecule has 5 heterocycles. The van der Waals surface area contributed by atoms with Crippen molar-refractivity contribution in [1.82, 2.24) is 19.8 Å². The number of hydrogen-bond donors (Lipinski definition) is 0. The van der Waals surface area contributed by atoms with Crippen LogP contribution in [0.5, 0.6) is 0 Å². The molecule has 3 aromatic carbocycles. The predicted octanol–water partition coefficient (Wildman–Crippen LogP) is 10.9. The molecule has 0 radical (unpaired) electrons. The summed E-state index contributed by atoms with van der Waals surface area (Å²) in [6, 6.07) is 25.8. The third kappa shape index (κ3) is 11.2. The predicted molar refractivity (Wildman–Crippen MR) is 242 cm³/mol. The molecule has 67 heavy (non-hydrogen) atoms. The number of piperidine rings is 2. The van der Waals surface area contributed by atoms with Crippen LogP contribution in [0.2, 0.25) is 0 Å². The van der Waals surface area contributed by atoms with E-state index in [1.165, 1.54) is 12.1 Å². The van der Waals surface area contributed by atoms with Crippen molar-refractivity contribution < 1.29 is 40.2 Å². The highest BCUT2D eigenvalue weighted by molar-refractivity contribution is 5.63. The van der Waals surface area contributed by atoms with Crippen LogP contribution in [0.1, 0.15) is 88.4 Å². The first kappa shape index (κ1) is 48.1. The summed E-state index contributed by atoms with van der Waals surface area (Å²) >= 11 is 0. The summed E-state index contributed by atoms with van der Waals surface area (Å²) in [4.78, 5) is 15.6. The molecule has 2 aromatic heterocycles. The molecule has 8 rings (SSSR count). The molecular formula is C52H55F7N6O2. The second-order valence-corrected chi connectivity index (χ2v) is 18.8. The van der Waals surface area contributed by atoms with Crippen LogP contribution in [-0.2, 0) is 45.9 Å². The maximum Gasteiger partial charge on any atom is 0.416 e. The maximum atomic E-state index is 14.4. The second kappa shape index (κ2) is 19.7. The number of hydrogen-bond acceptors (Lipinski definition) is 8. The van der Waals surface area contributed by atoms with Crippen molar-refractivity contribution in [2.75, 3.05) is 71.5 Å². The Kier molecular flexibility index (Phi) is 14.1. The smallest absolute Gasteiger partial charge is 0.374 e. The second-order valence-electron chi connectivity index (χ2n) is 18.8. The maximum absolute atomic E-state index is 14.4. The van der Waals surface area contributed by atoms with E-state index in [9.17, 15) is 36.0 Å². The fourth-order valence-electron chi connectivity index (χ4n) is 9.89. The SMILES string of the molecule is Cc1cc(-c2cc(C(F)(F)F)cc(COCC3(c4cccc(C5CCN(c6cc(C(F)(F)F)cc(COCC7(c8ccc(F)cc8)CCN(C)CC7)n6)C5)c4)CCN(C)CC3)n2)ccc1C#N. The first-order valence-electron chi connectivity index (χ1n) is 22.7. The number of benzene rings is 3. The van der Waals surface area contributed by atoms with Gasteiger partial charge in [0.2, 0.25) is 0 Å². The zero-order valence-corrected chi connectivity index (χ0v) is 38.0. The molecule has 354 valence electrons. The van der Waals surface area contributed by atoms with Crippen LogP contribution >= 0.6 is 0 Å². The summed E-state index contributed by atoms with van der Waals surface area (Å²) in [5.74, 6) is -0.101. The monoisotopic (exact) mass is 928 g/mol. The molecule has 0 saturated carbocycles. The van der Waals surface area contributed by atoms with E-state index in [1.54, 1.807) is 37.3 Å². The third-order valence-electron chi connectivity index (χ3n) is 14.1. The van der Waals surface area contributed by atoms with Gasteiger partial charge >= 0.3 is 12.4 Å². The van der Waals surface area contributed by atoms with E-state index in [4.69, 9.17) is 14.5 Å². The first-order valence-corrected chi connectivity index (χ1v) is 22.7. The number of alkyl halides is 6. The average molecular weight is 929 g/mol. The third-order valence-corrected chi connectivity index (χ3v) is 14.1. The van der Waals surface area contributed by atoms with Gasteiger partial charge in [-0.1, -0.05) is 42.5 Å². The number of aromatic nitrogens is 2. The summed E-state index contributed by atoms with van der Waals surface area (Å²) in [6.45, 7) is 6.10. The zero-order chi connectivity index (χ0) is 47.6. The van der Waals surface area contributed by atoms with Gasteiger partial charge < -0.3 is 24.2 Å². The van der Waals surface area contributed by atoms with E-state index >= 15 is 0 Å². The minimum atomic E-state index is -4.61. The highest BCUT2D eigenvalue weighted by atomic mass is 19.4. The Bertz CT molecular complexity index is 2560. The van der Waals surface area contributed by atoms with Crippen LogP contribution in [0.25, 0.3) is 11.3 Å². The lowest BCUT2D eigenvalue weighted by molar-refractivity contribution is -0.138. The summed E-state index contributed by atoms with van der Waals surface area (Å²) in [5.41, 5.74) is 2.53. The van der Waals surface area contributed by atoms with Crippen molar-refractivity contribution in [1.29, 1.82) is 5.26 Å². The summed E-state index contributed by atoms with van der Waals surface area (Å²) in [6.07, 6.45) is -5.51. The molecule has 5 aromatic rings. The lowest BCUT2D eigenvalue weighted by Gasteiger charge is -2.41. The van der Waals surface area contributed by atoms with Crippen LogP contribution in [-0.4, -0.2) is 86.3 Å². The van der Waals surface area contributed by atoms with E-state index in [2.05, 4.69) is 33.0 Å². The van der Waals surface area contributed by atoms with E-state index < -0.39 is 34.3 Å². The number of likely N-dealkylation sites (tertiary alicyclic amines) is 2. The van der Waals surface area contributed by atoms with Crippen LogP contribution in [0, 0.1) is 24.1 Å². The number of halogens is 7. The molecule has 1 unspecified atom stereocenters. The Morgan fingerprint density at radius 3 is 1.85 bits per heavy atom. The molecule has 0 amide bonds. The van der Waals surface area contributed by atoms with E-state index in [1.807, 2.05) is 31.1 Å². The average Bonchev–Trinajstić information content (AvgIpc) is 3.81. The van der Waals surface area contributed by atoms with Gasteiger partial charge in [-0.25, -0.2) is 9.37 Å². The number of aryl methyl sites for hydroxylation is 1. The van der Waals surface area contributed by atoms with Gasteiger partial charge in [0.1, 0.15) is 11.6 Å². The highest BCUT2D eigenvalue weighted by Gasteiger charge is 2.39. The van der Waals surface area contributed by atoms with Gasteiger partial charge in [-0.2, -0.15) is 31.6 Å². The molecule has 3 saturated heterocycles. The van der Waals surface area contributed by atoms with Crippen molar-refractivity contribution in [3.8, 4) is 17.3 Å². The molecule has 3 fully saturated rings. The summed E-state index contributed by atoms with van der Waals surface area (Å²) in [7, 11) is 4.09. The molecule has 0 aliphatic carbocycles. The van der Waals surface area contributed by atoms with Crippen molar-refractivity contribution in [2.45, 2.75) is 81.3 Å². The van der Waals surface area contributed by atoms with E-state index in [0.717, 1.165) is 92.8 Å². The standard InChI is InChI=1S/C52H55F7N6O2/c1-35-23-37(7-8-38(35)29-60)47-27-42(51(54,55)56)25-45(61-47)31-66-34-50(16-21-64(3)22-17-50)41-6-4-5-36(24-41)39-13-18-65(30-39)48-28-43(52(57,58)59)26-46(62-48)32-67-33-49(14-19-63(2)20-15-49)40-9-11-44(53)12-10-40/h4-12,23-28,39H,13-22,30-34H2,1-3H3. The Morgan fingerprint density at radius 2 is 1.27 bits per heavy atom. The quantitative estimate of drug-likeness (QED) is 0.108. The van der Waals surface area contributed by atoms with Crippen molar-refractivity contribution >= 4 is 5.82 Å². The molecule has 1 atom stereocenters. The van der Waals surface area contributed by atoms with Crippen molar-refractivity contribution in [3.63, 3.8) is 0 Å². The number of nitrogens with zero attached hydrogens (tertiary/aromatic N) is 6. The van der Waals surface area contributed by atoms with Crippen LogP contribution in [0.15, 0.2) is 91.0 Å². The fourth-order valence-corrected chi connectivity index (χ4v) is 9.89. The highest BCUT2D eigenvalue weighted by Crippen LogP contribution is 2.41. The Balaban J connectivity index is 0.980. The largest absolute Gasteiger partial charge is 0.416 e. The van der Waals surface area contributed by atoms with Gasteiger partial charge in [0.05, 0.1) is 66.3 Å². The Morgan fingerprint density at radius 1 is 0.687 bits per heavy atom. The molecule has 0 N–H and O–H groups in total. The Labute approximate surface area is 387 Å². The first-order chi connectivity index (χ1) is 31.9. The summed E-state index contributed by atoms with van der Waals surface area (Å²) < 4.78 is 112. The molecule has 0 spiro atoms. The lowest BCUT2D eigenvalue weighted by atomic mass is 9.72. The van der Waals surface area contributed by atoms with Gasteiger partial charge in [-0.15, -0.1) is 0 Å². The molecule has 8 nitrogen and oxygen atoms in total.